The fourth-order valence-electron chi connectivity index (χ4n) is 4.15. The molecule has 0 aromatic heterocycles. The number of hydrogen-bond donors (Lipinski definition) is 1. The van der Waals surface area contributed by atoms with Gasteiger partial charge in [0.2, 0.25) is 0 Å². The molecule has 1 aliphatic heterocycles. The Kier molecular flexibility index (Phi) is 7.22. The van der Waals surface area contributed by atoms with Crippen LogP contribution < -0.4 is 19.1 Å². The van der Waals surface area contributed by atoms with Crippen molar-refractivity contribution in [1.29, 1.82) is 0 Å². The SMILES string of the molecule is COc1cccc(C2/C(=C(/O)c3ccc(Cl)c(OC)c3)C(=O)C(=O)N2c2ccc(OC(C)C)cc2)c1. The van der Waals surface area contributed by atoms with Crippen LogP contribution in [0.25, 0.3) is 5.76 Å². The summed E-state index contributed by atoms with van der Waals surface area (Å²) in [4.78, 5) is 28.1. The predicted octanol–water partition coefficient (Wildman–Crippen LogP) is 5.77. The molecule has 36 heavy (non-hydrogen) atoms. The van der Waals surface area contributed by atoms with Crippen molar-refractivity contribution >= 4 is 34.7 Å². The molecule has 3 aromatic rings. The highest BCUT2D eigenvalue weighted by Crippen LogP contribution is 2.43. The summed E-state index contributed by atoms with van der Waals surface area (Å²) in [6.45, 7) is 3.84. The first kappa shape index (κ1) is 25.1. The monoisotopic (exact) mass is 507 g/mol. The number of aliphatic hydroxyl groups excluding tert-OH is 1. The second-order valence-corrected chi connectivity index (χ2v) is 8.86. The summed E-state index contributed by atoms with van der Waals surface area (Å²) in [5.41, 5.74) is 1.32. The molecule has 186 valence electrons. The van der Waals surface area contributed by atoms with E-state index in [0.29, 0.717) is 39.1 Å². The van der Waals surface area contributed by atoms with Gasteiger partial charge in [-0.1, -0.05) is 23.7 Å². The summed E-state index contributed by atoms with van der Waals surface area (Å²) >= 11 is 6.14. The van der Waals surface area contributed by atoms with Crippen molar-refractivity contribution < 1.29 is 28.9 Å². The van der Waals surface area contributed by atoms with E-state index in [1.165, 1.54) is 25.2 Å². The fraction of sp³-hybridized carbons (Fsp3) is 0.214. The minimum Gasteiger partial charge on any atom is -0.507 e. The molecule has 1 N–H and O–H groups in total. The highest BCUT2D eigenvalue weighted by atomic mass is 35.5. The van der Waals surface area contributed by atoms with Gasteiger partial charge in [0.05, 0.1) is 37.0 Å². The van der Waals surface area contributed by atoms with Gasteiger partial charge in [0.15, 0.2) is 0 Å². The molecule has 1 fully saturated rings. The summed E-state index contributed by atoms with van der Waals surface area (Å²) in [5, 5.41) is 11.7. The number of ketones is 1. The van der Waals surface area contributed by atoms with E-state index in [-0.39, 0.29) is 17.4 Å². The first-order chi connectivity index (χ1) is 17.2. The summed E-state index contributed by atoms with van der Waals surface area (Å²) in [6.07, 6.45) is -0.0155. The molecule has 4 rings (SSSR count). The normalized spacial score (nSPS) is 16.9. The van der Waals surface area contributed by atoms with E-state index in [1.807, 2.05) is 13.8 Å². The van der Waals surface area contributed by atoms with Crippen LogP contribution in [0, 0.1) is 0 Å². The Morgan fingerprint density at radius 3 is 2.31 bits per heavy atom. The molecular formula is C28H26ClNO6. The third kappa shape index (κ3) is 4.75. The third-order valence-electron chi connectivity index (χ3n) is 5.77. The molecule has 1 saturated heterocycles. The van der Waals surface area contributed by atoms with Crippen molar-refractivity contribution in [3.05, 3.63) is 88.5 Å². The number of ether oxygens (including phenoxy) is 3. The number of nitrogens with zero attached hydrogens (tertiary/aromatic N) is 1. The van der Waals surface area contributed by atoms with E-state index >= 15 is 0 Å². The largest absolute Gasteiger partial charge is 0.507 e. The van der Waals surface area contributed by atoms with Crippen LogP contribution in [0.4, 0.5) is 5.69 Å². The third-order valence-corrected chi connectivity index (χ3v) is 6.08. The molecule has 0 saturated carbocycles. The molecule has 7 nitrogen and oxygen atoms in total. The zero-order valence-corrected chi connectivity index (χ0v) is 21.1. The van der Waals surface area contributed by atoms with Crippen LogP contribution in [-0.2, 0) is 9.59 Å². The van der Waals surface area contributed by atoms with Gasteiger partial charge in [0.25, 0.3) is 11.7 Å². The van der Waals surface area contributed by atoms with Crippen molar-refractivity contribution in [2.75, 3.05) is 19.1 Å². The molecule has 0 aliphatic carbocycles. The Morgan fingerprint density at radius 2 is 1.67 bits per heavy atom. The Bertz CT molecular complexity index is 1330. The van der Waals surface area contributed by atoms with Gasteiger partial charge in [-0.15, -0.1) is 0 Å². The van der Waals surface area contributed by atoms with Crippen molar-refractivity contribution in [1.82, 2.24) is 0 Å². The van der Waals surface area contributed by atoms with Crippen molar-refractivity contribution in [3.63, 3.8) is 0 Å². The van der Waals surface area contributed by atoms with Gasteiger partial charge in [0, 0.05) is 11.3 Å². The number of rotatable bonds is 7. The van der Waals surface area contributed by atoms with Crippen molar-refractivity contribution in [2.45, 2.75) is 26.0 Å². The number of methoxy groups -OCH3 is 2. The summed E-state index contributed by atoms with van der Waals surface area (Å²) in [5.74, 6) is -0.393. The Hall–Kier alpha value is -3.97. The zero-order valence-electron chi connectivity index (χ0n) is 20.3. The molecule has 0 bridgehead atoms. The quantitative estimate of drug-likeness (QED) is 0.248. The van der Waals surface area contributed by atoms with Gasteiger partial charge in [-0.05, 0) is 74.0 Å². The van der Waals surface area contributed by atoms with E-state index < -0.39 is 17.7 Å². The molecule has 1 aliphatic rings. The summed E-state index contributed by atoms with van der Waals surface area (Å²) in [6, 6.07) is 17.7. The van der Waals surface area contributed by atoms with Crippen LogP contribution in [-0.4, -0.2) is 37.1 Å². The smallest absolute Gasteiger partial charge is 0.300 e. The first-order valence-electron chi connectivity index (χ1n) is 11.3. The molecule has 0 spiro atoms. The first-order valence-corrected chi connectivity index (χ1v) is 11.7. The average molecular weight is 508 g/mol. The lowest BCUT2D eigenvalue weighted by atomic mass is 9.95. The predicted molar refractivity (Wildman–Crippen MR) is 138 cm³/mol. The number of halogens is 1. The number of aliphatic hydroxyl groups is 1. The summed E-state index contributed by atoms with van der Waals surface area (Å²) in [7, 11) is 2.98. The van der Waals surface area contributed by atoms with Gasteiger partial charge in [-0.25, -0.2) is 0 Å². The standard InChI is InChI=1S/C28H26ClNO6/c1-16(2)36-20-11-9-19(10-12-20)30-25(17-6-5-7-21(14-17)34-3)24(27(32)28(30)33)26(31)18-8-13-22(29)23(15-18)35-4/h5-16,25,31H,1-4H3/b26-24-. The second kappa shape index (κ2) is 10.3. The van der Waals surface area contributed by atoms with Crippen LogP contribution in [0.1, 0.15) is 31.0 Å². The lowest BCUT2D eigenvalue weighted by molar-refractivity contribution is -0.132. The van der Waals surface area contributed by atoms with E-state index in [0.717, 1.165) is 0 Å². The maximum atomic E-state index is 13.4. The number of anilines is 1. The lowest BCUT2D eigenvalue weighted by Gasteiger charge is -2.26. The Labute approximate surface area is 214 Å². The van der Waals surface area contributed by atoms with E-state index in [4.69, 9.17) is 25.8 Å². The molecule has 1 atom stereocenters. The molecule has 1 amide bonds. The van der Waals surface area contributed by atoms with Gasteiger partial charge < -0.3 is 19.3 Å². The van der Waals surface area contributed by atoms with Crippen molar-refractivity contribution in [2.24, 2.45) is 0 Å². The average Bonchev–Trinajstić information content (AvgIpc) is 3.14. The lowest BCUT2D eigenvalue weighted by Crippen LogP contribution is -2.29. The van der Waals surface area contributed by atoms with E-state index in [9.17, 15) is 14.7 Å². The topological polar surface area (TPSA) is 85.3 Å². The van der Waals surface area contributed by atoms with Crippen molar-refractivity contribution in [3.8, 4) is 17.2 Å². The minimum atomic E-state index is -0.904. The maximum Gasteiger partial charge on any atom is 0.300 e. The van der Waals surface area contributed by atoms with E-state index in [2.05, 4.69) is 0 Å². The van der Waals surface area contributed by atoms with Crippen LogP contribution >= 0.6 is 11.6 Å². The number of carbonyl (C=O) groups excluding carboxylic acids is 2. The van der Waals surface area contributed by atoms with Gasteiger partial charge >= 0.3 is 0 Å². The molecule has 0 radical (unpaired) electrons. The zero-order chi connectivity index (χ0) is 26.0. The molecule has 1 heterocycles. The highest BCUT2D eigenvalue weighted by Gasteiger charge is 2.47. The molecule has 8 heteroatoms. The van der Waals surface area contributed by atoms with Crippen LogP contribution in [0.15, 0.2) is 72.3 Å². The Balaban J connectivity index is 1.90. The fourth-order valence-corrected chi connectivity index (χ4v) is 4.34. The number of benzene rings is 3. The molecule has 3 aromatic carbocycles. The Morgan fingerprint density at radius 1 is 0.944 bits per heavy atom. The number of Topliss-reactive ketones (excluding diaryl/α,β-unsaturated/α-hetero) is 1. The highest BCUT2D eigenvalue weighted by molar-refractivity contribution is 6.51. The second-order valence-electron chi connectivity index (χ2n) is 8.46. The van der Waals surface area contributed by atoms with Gasteiger partial charge in [-0.3, -0.25) is 14.5 Å². The summed E-state index contributed by atoms with van der Waals surface area (Å²) < 4.78 is 16.3. The van der Waals surface area contributed by atoms with Gasteiger partial charge in [0.1, 0.15) is 23.0 Å². The minimum absolute atomic E-state index is 0.0155. The van der Waals surface area contributed by atoms with Crippen LogP contribution in [0.5, 0.6) is 17.2 Å². The maximum absolute atomic E-state index is 13.4. The molecular weight excluding hydrogens is 482 g/mol. The number of amides is 1. The number of carbonyl (C=O) groups is 2. The van der Waals surface area contributed by atoms with Gasteiger partial charge in [-0.2, -0.15) is 0 Å². The van der Waals surface area contributed by atoms with Crippen LogP contribution in [0.2, 0.25) is 5.02 Å². The molecule has 1 unspecified atom stereocenters. The van der Waals surface area contributed by atoms with E-state index in [1.54, 1.807) is 60.7 Å². The van der Waals surface area contributed by atoms with Crippen LogP contribution in [0.3, 0.4) is 0 Å². The number of hydrogen-bond acceptors (Lipinski definition) is 6.